The van der Waals surface area contributed by atoms with Crippen molar-refractivity contribution in [2.45, 2.75) is 33.2 Å². The van der Waals surface area contributed by atoms with Crippen molar-refractivity contribution in [3.63, 3.8) is 0 Å². The minimum absolute atomic E-state index is 0.0426. The van der Waals surface area contributed by atoms with Gasteiger partial charge < -0.3 is 10.1 Å². The quantitative estimate of drug-likeness (QED) is 0.912. The fourth-order valence-electron chi connectivity index (χ4n) is 3.42. The molecule has 0 radical (unpaired) electrons. The molecule has 1 aromatic carbocycles. The third-order valence-electron chi connectivity index (χ3n) is 4.67. The molecule has 1 aromatic heterocycles. The highest BCUT2D eigenvalue weighted by Gasteiger charge is 2.24. The molecule has 3 rings (SSSR count). The summed E-state index contributed by atoms with van der Waals surface area (Å²) in [6.45, 7) is 6.17. The van der Waals surface area contributed by atoms with E-state index in [-0.39, 0.29) is 11.3 Å². The van der Waals surface area contributed by atoms with Gasteiger partial charge in [0.25, 0.3) is 0 Å². The first kappa shape index (κ1) is 15.7. The first-order valence-corrected chi connectivity index (χ1v) is 8.02. The predicted octanol–water partition coefficient (Wildman–Crippen LogP) is 2.44. The van der Waals surface area contributed by atoms with Crippen molar-refractivity contribution in [1.29, 1.82) is 0 Å². The van der Waals surface area contributed by atoms with E-state index in [4.69, 9.17) is 5.11 Å². The normalized spacial score (nSPS) is 16.8. The predicted molar refractivity (Wildman–Crippen MR) is 89.7 cm³/mol. The molecule has 2 N–H and O–H groups in total. The molecule has 5 nitrogen and oxygen atoms in total. The number of carbonyl (C=O) groups is 1. The van der Waals surface area contributed by atoms with Gasteiger partial charge in [-0.25, -0.2) is 0 Å². The van der Waals surface area contributed by atoms with Gasteiger partial charge in [-0.1, -0.05) is 6.07 Å². The Morgan fingerprint density at radius 1 is 1.26 bits per heavy atom. The lowest BCUT2D eigenvalue weighted by Gasteiger charge is -2.29. The Kier molecular flexibility index (Phi) is 4.22. The number of aromatic nitrogens is 1. The van der Waals surface area contributed by atoms with Gasteiger partial charge in [-0.2, -0.15) is 0 Å². The Balaban J connectivity index is 1.82. The molecule has 0 bridgehead atoms. The molecule has 1 fully saturated rings. The van der Waals surface area contributed by atoms with Crippen LogP contribution in [0.5, 0.6) is 0 Å². The summed E-state index contributed by atoms with van der Waals surface area (Å²) >= 11 is 0. The van der Waals surface area contributed by atoms with E-state index in [0.29, 0.717) is 19.4 Å². The molecule has 0 saturated carbocycles. The number of hydrogen-bond donors (Lipinski definition) is 2. The number of H-pyrrole nitrogens is 1. The second-order valence-corrected chi connectivity index (χ2v) is 6.55. The average Bonchev–Trinajstić information content (AvgIpc) is 2.49. The van der Waals surface area contributed by atoms with Crippen LogP contribution in [0.1, 0.15) is 29.7 Å². The van der Waals surface area contributed by atoms with Gasteiger partial charge in [0.1, 0.15) is 0 Å². The fraction of sp³-hybridized carbons (Fsp3) is 0.444. The van der Waals surface area contributed by atoms with E-state index in [1.807, 2.05) is 19.9 Å². The van der Waals surface area contributed by atoms with Crippen LogP contribution in [0.2, 0.25) is 0 Å². The zero-order valence-electron chi connectivity index (χ0n) is 13.6. The minimum Gasteiger partial charge on any atom is -0.481 e. The molecular formula is C18H22N2O3. The number of fused-ring (bicyclic) bond motifs is 1. The SMILES string of the molecule is Cc1cc(C)c2[nH]c(CN3CCC(C(=O)O)CC3)cc(=O)c2c1. The Morgan fingerprint density at radius 2 is 1.96 bits per heavy atom. The highest BCUT2D eigenvalue weighted by atomic mass is 16.4. The number of nitrogens with one attached hydrogen (secondary N) is 1. The number of aliphatic carboxylic acids is 1. The number of hydrogen-bond acceptors (Lipinski definition) is 3. The maximum absolute atomic E-state index is 12.4. The number of likely N-dealkylation sites (tertiary alicyclic amines) is 1. The van der Waals surface area contributed by atoms with E-state index in [9.17, 15) is 9.59 Å². The number of nitrogens with zero attached hydrogens (tertiary/aromatic N) is 1. The molecule has 0 aliphatic carbocycles. The van der Waals surface area contributed by atoms with E-state index >= 15 is 0 Å². The van der Waals surface area contributed by atoms with Crippen LogP contribution in [0.15, 0.2) is 23.0 Å². The molecule has 23 heavy (non-hydrogen) atoms. The number of rotatable bonds is 3. The molecule has 1 aliphatic heterocycles. The van der Waals surface area contributed by atoms with Crippen molar-refractivity contribution in [3.05, 3.63) is 45.2 Å². The van der Waals surface area contributed by atoms with Crippen LogP contribution >= 0.6 is 0 Å². The minimum atomic E-state index is -0.699. The van der Waals surface area contributed by atoms with Gasteiger partial charge in [0.15, 0.2) is 5.43 Å². The van der Waals surface area contributed by atoms with Crippen molar-refractivity contribution in [3.8, 4) is 0 Å². The number of benzene rings is 1. The smallest absolute Gasteiger partial charge is 0.306 e. The summed E-state index contributed by atoms with van der Waals surface area (Å²) in [5.41, 5.74) is 4.00. The van der Waals surface area contributed by atoms with Gasteiger partial charge in [-0.05, 0) is 57.0 Å². The van der Waals surface area contributed by atoms with Crippen molar-refractivity contribution in [2.24, 2.45) is 5.92 Å². The molecule has 122 valence electrons. The lowest BCUT2D eigenvalue weighted by atomic mass is 9.97. The van der Waals surface area contributed by atoms with Crippen LogP contribution in [0, 0.1) is 19.8 Å². The zero-order valence-corrected chi connectivity index (χ0v) is 13.6. The van der Waals surface area contributed by atoms with Crippen LogP contribution in [0.4, 0.5) is 0 Å². The molecule has 0 atom stereocenters. The van der Waals surface area contributed by atoms with Gasteiger partial charge in [0, 0.05) is 23.7 Å². The van der Waals surface area contributed by atoms with Crippen LogP contribution in [-0.2, 0) is 11.3 Å². The summed E-state index contributed by atoms with van der Waals surface area (Å²) in [4.78, 5) is 29.0. The van der Waals surface area contributed by atoms with E-state index in [2.05, 4.69) is 16.0 Å². The van der Waals surface area contributed by atoms with E-state index < -0.39 is 5.97 Å². The number of aromatic amines is 1. The van der Waals surface area contributed by atoms with Crippen LogP contribution in [0.3, 0.4) is 0 Å². The largest absolute Gasteiger partial charge is 0.481 e. The number of pyridine rings is 1. The maximum Gasteiger partial charge on any atom is 0.306 e. The zero-order chi connectivity index (χ0) is 16.6. The summed E-state index contributed by atoms with van der Waals surface area (Å²) in [7, 11) is 0. The van der Waals surface area contributed by atoms with Gasteiger partial charge in [-0.15, -0.1) is 0 Å². The monoisotopic (exact) mass is 314 g/mol. The van der Waals surface area contributed by atoms with Gasteiger partial charge in [0.2, 0.25) is 0 Å². The van der Waals surface area contributed by atoms with Gasteiger partial charge >= 0.3 is 5.97 Å². The summed E-state index contributed by atoms with van der Waals surface area (Å²) in [6.07, 6.45) is 1.34. The third kappa shape index (κ3) is 3.29. The fourth-order valence-corrected chi connectivity index (χ4v) is 3.42. The summed E-state index contributed by atoms with van der Waals surface area (Å²) in [5.74, 6) is -0.929. The van der Waals surface area contributed by atoms with E-state index in [0.717, 1.165) is 40.8 Å². The third-order valence-corrected chi connectivity index (χ3v) is 4.67. The Morgan fingerprint density at radius 3 is 2.61 bits per heavy atom. The average molecular weight is 314 g/mol. The maximum atomic E-state index is 12.4. The van der Waals surface area contributed by atoms with Crippen LogP contribution in [-0.4, -0.2) is 34.0 Å². The van der Waals surface area contributed by atoms with Crippen LogP contribution < -0.4 is 5.43 Å². The van der Waals surface area contributed by atoms with Gasteiger partial charge in [-0.3, -0.25) is 14.5 Å². The number of carboxylic acids is 1. The molecule has 2 aromatic rings. The second kappa shape index (κ2) is 6.16. The molecule has 0 amide bonds. The van der Waals surface area contributed by atoms with Crippen molar-refractivity contribution < 1.29 is 9.90 Å². The van der Waals surface area contributed by atoms with E-state index in [1.165, 1.54) is 0 Å². The topological polar surface area (TPSA) is 73.4 Å². The Bertz CT molecular complexity index is 802. The molecule has 2 heterocycles. The summed E-state index contributed by atoms with van der Waals surface area (Å²) in [6, 6.07) is 5.66. The molecule has 5 heteroatoms. The van der Waals surface area contributed by atoms with Crippen molar-refractivity contribution in [1.82, 2.24) is 9.88 Å². The van der Waals surface area contributed by atoms with E-state index in [1.54, 1.807) is 6.07 Å². The first-order valence-electron chi connectivity index (χ1n) is 8.02. The Hall–Kier alpha value is -2.14. The second-order valence-electron chi connectivity index (χ2n) is 6.55. The van der Waals surface area contributed by atoms with Crippen molar-refractivity contribution in [2.75, 3.05) is 13.1 Å². The van der Waals surface area contributed by atoms with Crippen molar-refractivity contribution >= 4 is 16.9 Å². The highest BCUT2D eigenvalue weighted by molar-refractivity contribution is 5.82. The molecule has 1 saturated heterocycles. The summed E-state index contributed by atoms with van der Waals surface area (Å²) in [5, 5.41) is 9.79. The first-order chi connectivity index (χ1) is 10.9. The molecular weight excluding hydrogens is 292 g/mol. The number of piperidine rings is 1. The van der Waals surface area contributed by atoms with Gasteiger partial charge in [0.05, 0.1) is 11.4 Å². The Labute approximate surface area is 134 Å². The lowest BCUT2D eigenvalue weighted by Crippen LogP contribution is -2.36. The summed E-state index contributed by atoms with van der Waals surface area (Å²) < 4.78 is 0. The lowest BCUT2D eigenvalue weighted by molar-refractivity contribution is -0.143. The standard InChI is InChI=1S/C18H22N2O3/c1-11-7-12(2)17-15(8-11)16(21)9-14(19-17)10-20-5-3-13(4-6-20)18(22)23/h7-9,13H,3-6,10H2,1-2H3,(H,19,21)(H,22,23). The number of carboxylic acid groups (broad SMARTS) is 1. The number of aryl methyl sites for hydroxylation is 2. The molecule has 0 unspecified atom stereocenters. The molecule has 1 aliphatic rings. The highest BCUT2D eigenvalue weighted by Crippen LogP contribution is 2.20. The van der Waals surface area contributed by atoms with Crippen LogP contribution in [0.25, 0.3) is 10.9 Å². The molecule has 0 spiro atoms.